The van der Waals surface area contributed by atoms with E-state index >= 15 is 0 Å². The van der Waals surface area contributed by atoms with Gasteiger partial charge in [-0.1, -0.05) is 44.0 Å². The lowest BCUT2D eigenvalue weighted by Crippen LogP contribution is -2.38. The van der Waals surface area contributed by atoms with Crippen molar-refractivity contribution in [2.75, 3.05) is 6.61 Å². The Morgan fingerprint density at radius 2 is 2.08 bits per heavy atom. The van der Waals surface area contributed by atoms with Gasteiger partial charge in [-0.25, -0.2) is 0 Å². The summed E-state index contributed by atoms with van der Waals surface area (Å²) in [6, 6.07) is 0. The molecule has 3 N–H and O–H groups in total. The summed E-state index contributed by atoms with van der Waals surface area (Å²) in [5.74, 6) is 0.227. The normalized spacial score (nSPS) is 30.6. The maximum absolute atomic E-state index is 10.5. The Morgan fingerprint density at radius 1 is 1.35 bits per heavy atom. The van der Waals surface area contributed by atoms with E-state index in [2.05, 4.69) is 19.0 Å². The SMILES string of the molecule is CCC(CC)CCC(O)C=CC1C[C@@H]2C(=NOCCC(=O)O)C[C@H]2C1O. The fourth-order valence-electron chi connectivity index (χ4n) is 4.07. The lowest BCUT2D eigenvalue weighted by Gasteiger charge is -2.33. The highest BCUT2D eigenvalue weighted by Crippen LogP contribution is 2.48. The molecule has 3 unspecified atom stereocenters. The van der Waals surface area contributed by atoms with Crippen LogP contribution in [-0.2, 0) is 9.63 Å². The highest BCUT2D eigenvalue weighted by Gasteiger charge is 2.51. The number of aliphatic hydroxyl groups excluding tert-OH is 2. The summed E-state index contributed by atoms with van der Waals surface area (Å²) >= 11 is 0. The van der Waals surface area contributed by atoms with Gasteiger partial charge in [-0.3, -0.25) is 4.79 Å². The van der Waals surface area contributed by atoms with Crippen LogP contribution >= 0.6 is 0 Å². The molecule has 0 aromatic rings. The third-order valence-electron chi connectivity index (χ3n) is 5.99. The first-order valence-electron chi connectivity index (χ1n) is 9.91. The van der Waals surface area contributed by atoms with E-state index < -0.39 is 18.2 Å². The van der Waals surface area contributed by atoms with E-state index in [0.29, 0.717) is 12.3 Å². The van der Waals surface area contributed by atoms with Gasteiger partial charge in [0, 0.05) is 11.8 Å². The van der Waals surface area contributed by atoms with E-state index in [0.717, 1.165) is 37.8 Å². The number of hydrogen-bond acceptors (Lipinski definition) is 5. The quantitative estimate of drug-likeness (QED) is 0.296. The van der Waals surface area contributed by atoms with E-state index in [1.165, 1.54) is 0 Å². The summed E-state index contributed by atoms with van der Waals surface area (Å²) < 4.78 is 0. The maximum Gasteiger partial charge on any atom is 0.306 e. The lowest BCUT2D eigenvalue weighted by molar-refractivity contribution is -0.138. The fourth-order valence-corrected chi connectivity index (χ4v) is 4.07. The molecule has 0 amide bonds. The van der Waals surface area contributed by atoms with Crippen LogP contribution in [-0.4, -0.2) is 45.8 Å². The Labute approximate surface area is 155 Å². The topological polar surface area (TPSA) is 99.4 Å². The maximum atomic E-state index is 10.5. The third-order valence-corrected chi connectivity index (χ3v) is 5.99. The van der Waals surface area contributed by atoms with Crippen LogP contribution in [0.1, 0.15) is 58.8 Å². The minimum atomic E-state index is -0.902. The second-order valence-corrected chi connectivity index (χ2v) is 7.64. The number of oxime groups is 1. The molecule has 6 heteroatoms. The first-order chi connectivity index (χ1) is 12.5. The molecule has 26 heavy (non-hydrogen) atoms. The Kier molecular flexibility index (Phi) is 8.10. The van der Waals surface area contributed by atoms with Crippen molar-refractivity contribution in [2.24, 2.45) is 28.8 Å². The molecule has 0 aliphatic heterocycles. The van der Waals surface area contributed by atoms with Crippen LogP contribution in [0.2, 0.25) is 0 Å². The van der Waals surface area contributed by atoms with Crippen molar-refractivity contribution in [3.05, 3.63) is 12.2 Å². The number of carboxylic acid groups (broad SMARTS) is 1. The van der Waals surface area contributed by atoms with E-state index in [1.807, 2.05) is 12.2 Å². The Morgan fingerprint density at radius 3 is 2.73 bits per heavy atom. The summed E-state index contributed by atoms with van der Waals surface area (Å²) in [4.78, 5) is 15.5. The van der Waals surface area contributed by atoms with Gasteiger partial charge >= 0.3 is 5.97 Å². The molecule has 0 bridgehead atoms. The smallest absolute Gasteiger partial charge is 0.306 e. The van der Waals surface area contributed by atoms with Gasteiger partial charge in [0.15, 0.2) is 0 Å². The molecule has 2 saturated carbocycles. The number of aliphatic carboxylic acids is 1. The number of nitrogens with zero attached hydrogens (tertiary/aromatic N) is 1. The second kappa shape index (κ2) is 10.1. The zero-order valence-electron chi connectivity index (χ0n) is 15.9. The molecule has 0 aromatic heterocycles. The number of carboxylic acids is 1. The minimum absolute atomic E-state index is 0.0412. The van der Waals surface area contributed by atoms with Crippen LogP contribution in [0.3, 0.4) is 0 Å². The van der Waals surface area contributed by atoms with Crippen LogP contribution < -0.4 is 0 Å². The van der Waals surface area contributed by atoms with E-state index in [4.69, 9.17) is 9.94 Å². The van der Waals surface area contributed by atoms with Crippen molar-refractivity contribution in [3.63, 3.8) is 0 Å². The molecular weight excluding hydrogens is 334 g/mol. The minimum Gasteiger partial charge on any atom is -0.481 e. The van der Waals surface area contributed by atoms with Gasteiger partial charge in [0.25, 0.3) is 0 Å². The van der Waals surface area contributed by atoms with E-state index in [9.17, 15) is 15.0 Å². The van der Waals surface area contributed by atoms with Crippen LogP contribution in [0.5, 0.6) is 0 Å². The largest absolute Gasteiger partial charge is 0.481 e. The summed E-state index contributed by atoms with van der Waals surface area (Å²) in [5, 5.41) is 33.2. The average molecular weight is 367 g/mol. The first kappa shape index (κ1) is 20.9. The van der Waals surface area contributed by atoms with Crippen molar-refractivity contribution in [3.8, 4) is 0 Å². The Balaban J connectivity index is 1.76. The molecule has 5 atom stereocenters. The first-order valence-corrected chi connectivity index (χ1v) is 9.91. The van der Waals surface area contributed by atoms with Crippen molar-refractivity contribution in [1.29, 1.82) is 0 Å². The monoisotopic (exact) mass is 367 g/mol. The van der Waals surface area contributed by atoms with Crippen molar-refractivity contribution >= 4 is 11.7 Å². The van der Waals surface area contributed by atoms with Gasteiger partial charge in [0.1, 0.15) is 6.61 Å². The zero-order chi connectivity index (χ0) is 19.1. The lowest BCUT2D eigenvalue weighted by atomic mass is 9.73. The number of fused-ring (bicyclic) bond motifs is 1. The number of hydrogen-bond donors (Lipinski definition) is 3. The standard InChI is InChI=1S/C20H33NO5/c1-3-13(4-2)5-7-15(22)8-6-14-11-16-17(20(14)25)12-18(16)21-26-10-9-19(23)24/h6,8,13-17,20,22,25H,3-5,7,9-12H2,1-2H3,(H,23,24)/t14?,15?,16-,17+,20?/m0/s1. The summed E-state index contributed by atoms with van der Waals surface area (Å²) in [5.41, 5.74) is 0.921. The van der Waals surface area contributed by atoms with Gasteiger partial charge < -0.3 is 20.2 Å². The number of rotatable bonds is 11. The predicted molar refractivity (Wildman–Crippen MR) is 99.8 cm³/mol. The molecule has 0 spiro atoms. The molecule has 0 heterocycles. The van der Waals surface area contributed by atoms with Gasteiger partial charge in [-0.2, -0.15) is 0 Å². The average Bonchev–Trinajstić information content (AvgIpc) is 2.84. The molecule has 2 rings (SSSR count). The van der Waals surface area contributed by atoms with Gasteiger partial charge in [0.2, 0.25) is 0 Å². The number of aliphatic hydroxyl groups is 2. The summed E-state index contributed by atoms with van der Waals surface area (Å²) in [6.45, 7) is 4.45. The molecule has 2 aliphatic rings. The molecule has 148 valence electrons. The zero-order valence-corrected chi connectivity index (χ0v) is 15.9. The van der Waals surface area contributed by atoms with Crippen LogP contribution in [0.15, 0.2) is 17.3 Å². The molecule has 0 radical (unpaired) electrons. The van der Waals surface area contributed by atoms with Crippen molar-refractivity contribution < 1.29 is 25.0 Å². The summed E-state index contributed by atoms with van der Waals surface area (Å²) in [6.07, 6.45) is 8.49. The number of carbonyl (C=O) groups is 1. The van der Waals surface area contributed by atoms with Gasteiger partial charge in [-0.15, -0.1) is 0 Å². The Hall–Kier alpha value is -1.40. The summed E-state index contributed by atoms with van der Waals surface area (Å²) in [7, 11) is 0. The van der Waals surface area contributed by atoms with Gasteiger partial charge in [0.05, 0.1) is 24.3 Å². The van der Waals surface area contributed by atoms with E-state index in [1.54, 1.807) is 0 Å². The second-order valence-electron chi connectivity index (χ2n) is 7.64. The molecule has 0 saturated heterocycles. The molecule has 6 nitrogen and oxygen atoms in total. The highest BCUT2D eigenvalue weighted by atomic mass is 16.6. The van der Waals surface area contributed by atoms with Gasteiger partial charge in [-0.05, 0) is 37.5 Å². The Bertz CT molecular complexity index is 514. The molecule has 2 aliphatic carbocycles. The highest BCUT2D eigenvalue weighted by molar-refractivity contribution is 5.93. The third kappa shape index (κ3) is 5.55. The van der Waals surface area contributed by atoms with Crippen LogP contribution in [0.25, 0.3) is 0 Å². The van der Waals surface area contributed by atoms with E-state index in [-0.39, 0.29) is 30.8 Å². The van der Waals surface area contributed by atoms with Crippen molar-refractivity contribution in [2.45, 2.75) is 71.0 Å². The molecule has 0 aromatic carbocycles. The van der Waals surface area contributed by atoms with Crippen LogP contribution in [0.4, 0.5) is 0 Å². The van der Waals surface area contributed by atoms with Crippen LogP contribution in [0, 0.1) is 23.7 Å². The van der Waals surface area contributed by atoms with Crippen molar-refractivity contribution in [1.82, 2.24) is 0 Å². The fraction of sp³-hybridized carbons (Fsp3) is 0.800. The predicted octanol–water partition coefficient (Wildman–Crippen LogP) is 2.98. The molecular formula is C20H33NO5. The molecule has 2 fully saturated rings.